The number of imidazole rings is 1. The van der Waals surface area contributed by atoms with Gasteiger partial charge in [0.1, 0.15) is 36.4 Å². The number of carbonyl (C=O) groups is 2. The Morgan fingerprint density at radius 2 is 1.83 bits per heavy atom. The van der Waals surface area contributed by atoms with Crippen LogP contribution < -0.4 is 10.1 Å². The first-order valence-electron chi connectivity index (χ1n) is 13.0. The van der Waals surface area contributed by atoms with Gasteiger partial charge in [-0.25, -0.2) is 9.78 Å². The second-order valence-corrected chi connectivity index (χ2v) is 11.4. The van der Waals surface area contributed by atoms with Gasteiger partial charge in [-0.15, -0.1) is 0 Å². The lowest BCUT2D eigenvalue weighted by Gasteiger charge is -2.24. The van der Waals surface area contributed by atoms with E-state index in [0.717, 1.165) is 20.4 Å². The van der Waals surface area contributed by atoms with Crippen molar-refractivity contribution in [2.75, 3.05) is 13.2 Å². The summed E-state index contributed by atoms with van der Waals surface area (Å²) in [5, 5.41) is 21.9. The minimum Gasteiger partial charge on any atom is -0.491 e. The van der Waals surface area contributed by atoms with Gasteiger partial charge in [-0.1, -0.05) is 60.1 Å². The van der Waals surface area contributed by atoms with Gasteiger partial charge in [0.05, 0.1) is 23.0 Å². The van der Waals surface area contributed by atoms with Crippen LogP contribution in [0.3, 0.4) is 0 Å². The van der Waals surface area contributed by atoms with E-state index in [0.29, 0.717) is 34.3 Å². The first-order valence-corrected chi connectivity index (χ1v) is 14.4. The van der Waals surface area contributed by atoms with Crippen LogP contribution in [0.1, 0.15) is 34.7 Å². The van der Waals surface area contributed by atoms with E-state index in [4.69, 9.17) is 26.4 Å². The second-order valence-electron chi connectivity index (χ2n) is 9.72. The number of nitrogens with one attached hydrogen (secondary N) is 2. The van der Waals surface area contributed by atoms with Crippen molar-refractivity contribution < 1.29 is 24.5 Å². The smallest absolute Gasteiger partial charge is 0.325 e. The highest BCUT2D eigenvalue weighted by molar-refractivity contribution is 14.1. The molecule has 0 radical (unpaired) electrons. The number of halogens is 2. The van der Waals surface area contributed by atoms with Crippen LogP contribution in [0.2, 0.25) is 5.02 Å². The van der Waals surface area contributed by atoms with Crippen molar-refractivity contribution in [3.05, 3.63) is 104 Å². The molecule has 4 aromatic rings. The first-order chi connectivity index (χ1) is 19.7. The Morgan fingerprint density at radius 1 is 1.10 bits per heavy atom. The molecule has 0 bridgehead atoms. The fraction of sp³-hybridized carbons (Fsp3) is 0.233. The number of benzene rings is 3. The summed E-state index contributed by atoms with van der Waals surface area (Å²) in [6.45, 7) is 1.39. The van der Waals surface area contributed by atoms with Crippen LogP contribution in [0.4, 0.5) is 4.79 Å². The molecule has 1 aromatic heterocycles. The fourth-order valence-corrected chi connectivity index (χ4v) is 5.71. The maximum Gasteiger partial charge on any atom is 0.325 e. The largest absolute Gasteiger partial charge is 0.491 e. The van der Waals surface area contributed by atoms with E-state index in [1.54, 1.807) is 24.3 Å². The van der Waals surface area contributed by atoms with E-state index in [9.17, 15) is 14.7 Å². The highest BCUT2D eigenvalue weighted by atomic mass is 127. The molecule has 41 heavy (non-hydrogen) atoms. The highest BCUT2D eigenvalue weighted by Crippen LogP contribution is 2.35. The van der Waals surface area contributed by atoms with Gasteiger partial charge in [-0.05, 0) is 64.9 Å². The zero-order valence-corrected chi connectivity index (χ0v) is 25.0. The van der Waals surface area contributed by atoms with Crippen molar-refractivity contribution >= 4 is 46.1 Å². The summed E-state index contributed by atoms with van der Waals surface area (Å²) in [5.74, 6) is 0.541. The van der Waals surface area contributed by atoms with Gasteiger partial charge in [-0.2, -0.15) is 0 Å². The molecule has 11 heteroatoms. The number of nitrogens with zero attached hydrogens (tertiary/aromatic N) is 2. The number of carbonyl (C=O) groups excluding carboxylic acids is 2. The van der Waals surface area contributed by atoms with E-state index in [1.807, 2.05) is 55.5 Å². The third-order valence-electron chi connectivity index (χ3n) is 6.84. The number of amides is 3. The predicted octanol–water partition coefficient (Wildman–Crippen LogP) is 4.95. The summed E-state index contributed by atoms with van der Waals surface area (Å²) in [6.07, 6.45) is -0.632. The third kappa shape index (κ3) is 6.40. The van der Waals surface area contributed by atoms with Crippen LogP contribution in [0.15, 0.2) is 72.8 Å². The lowest BCUT2D eigenvalue weighted by Crippen LogP contribution is -2.36. The summed E-state index contributed by atoms with van der Waals surface area (Å²) >= 11 is 8.75. The minimum absolute atomic E-state index is 0.0676. The van der Waals surface area contributed by atoms with Crippen LogP contribution in [0, 0.1) is 10.5 Å². The lowest BCUT2D eigenvalue weighted by atomic mass is 10.0. The molecule has 2 unspecified atom stereocenters. The summed E-state index contributed by atoms with van der Waals surface area (Å²) in [7, 11) is 0. The second kappa shape index (κ2) is 12.6. The molecule has 1 aliphatic rings. The van der Waals surface area contributed by atoms with E-state index >= 15 is 0 Å². The molecule has 3 amide bonds. The number of hydrogen-bond donors (Lipinski definition) is 4. The molecule has 3 aromatic carbocycles. The topological polar surface area (TPSA) is 128 Å². The summed E-state index contributed by atoms with van der Waals surface area (Å²) in [6, 6.07) is 19.9. The number of rotatable bonds is 10. The normalized spacial score (nSPS) is 16.5. The zero-order valence-electron chi connectivity index (χ0n) is 22.1. The molecule has 0 saturated carbocycles. The van der Waals surface area contributed by atoms with Crippen molar-refractivity contribution in [1.82, 2.24) is 20.2 Å². The SMILES string of the molecule is Cc1nc([C@H](Cc2ccccc2)N2C(=O)NC(c3ccc(OCC(O)CO)cc3)C2=O)[nH]c1-c1ccc(I)cc1Cl. The van der Waals surface area contributed by atoms with E-state index in [-0.39, 0.29) is 6.61 Å². The Bertz CT molecular complexity index is 1550. The van der Waals surface area contributed by atoms with Gasteiger partial charge >= 0.3 is 6.03 Å². The minimum atomic E-state index is -0.993. The molecule has 0 spiro atoms. The van der Waals surface area contributed by atoms with Crippen molar-refractivity contribution in [3.63, 3.8) is 0 Å². The molecule has 1 saturated heterocycles. The van der Waals surface area contributed by atoms with Crippen LogP contribution in [-0.2, 0) is 11.2 Å². The van der Waals surface area contributed by atoms with Crippen LogP contribution in [-0.4, -0.2) is 56.3 Å². The number of aliphatic hydroxyl groups excluding tert-OH is 2. The number of aromatic amines is 1. The Hall–Kier alpha value is -3.45. The molecular formula is C30H28ClIN4O5. The Labute approximate surface area is 255 Å². The van der Waals surface area contributed by atoms with Gasteiger partial charge in [0, 0.05) is 15.6 Å². The summed E-state index contributed by atoms with van der Waals surface area (Å²) in [5.41, 5.74) is 3.74. The van der Waals surface area contributed by atoms with Crippen LogP contribution in [0.25, 0.3) is 11.3 Å². The Kier molecular flexibility index (Phi) is 8.93. The quantitative estimate of drug-likeness (QED) is 0.138. The molecule has 3 atom stereocenters. The third-order valence-corrected chi connectivity index (χ3v) is 7.82. The molecular weight excluding hydrogens is 659 g/mol. The first kappa shape index (κ1) is 29.1. The maximum atomic E-state index is 13.8. The van der Waals surface area contributed by atoms with Gasteiger partial charge in [0.15, 0.2) is 0 Å². The van der Waals surface area contributed by atoms with Crippen LogP contribution >= 0.6 is 34.2 Å². The van der Waals surface area contributed by atoms with Crippen molar-refractivity contribution in [2.24, 2.45) is 0 Å². The molecule has 1 aliphatic heterocycles. The fourth-order valence-electron chi connectivity index (χ4n) is 4.76. The molecule has 212 valence electrons. The Balaban J connectivity index is 1.45. The number of hydrogen-bond acceptors (Lipinski definition) is 6. The van der Waals surface area contributed by atoms with Gasteiger partial charge in [0.2, 0.25) is 0 Å². The lowest BCUT2D eigenvalue weighted by molar-refractivity contribution is -0.129. The number of aromatic nitrogens is 2. The monoisotopic (exact) mass is 686 g/mol. The standard InChI is InChI=1S/C30H28ClIN4O5/c1-17-26(23-12-9-20(32)14-24(23)31)34-28(33-17)25(13-18-5-3-2-4-6-18)36-29(39)27(35-30(36)40)19-7-10-22(11-8-19)41-16-21(38)15-37/h2-12,14,21,25,27,37-38H,13,15-16H2,1H3,(H,33,34)(H,35,40)/t21?,25-,27?/m0/s1. The summed E-state index contributed by atoms with van der Waals surface area (Å²) < 4.78 is 6.46. The van der Waals surface area contributed by atoms with Crippen molar-refractivity contribution in [2.45, 2.75) is 31.5 Å². The number of aryl methyl sites for hydroxylation is 1. The van der Waals surface area contributed by atoms with E-state index in [1.165, 1.54) is 4.90 Å². The molecule has 4 N–H and O–H groups in total. The average Bonchev–Trinajstić information content (AvgIpc) is 3.49. The van der Waals surface area contributed by atoms with Gasteiger partial charge < -0.3 is 25.3 Å². The number of H-pyrrole nitrogens is 1. The summed E-state index contributed by atoms with van der Waals surface area (Å²) in [4.78, 5) is 36.5. The molecule has 2 heterocycles. The van der Waals surface area contributed by atoms with Crippen molar-refractivity contribution in [3.8, 4) is 17.0 Å². The van der Waals surface area contributed by atoms with E-state index in [2.05, 4.69) is 32.9 Å². The molecule has 9 nitrogen and oxygen atoms in total. The van der Waals surface area contributed by atoms with E-state index < -0.39 is 36.7 Å². The Morgan fingerprint density at radius 3 is 2.51 bits per heavy atom. The molecule has 0 aliphatic carbocycles. The van der Waals surface area contributed by atoms with Gasteiger partial charge in [0.25, 0.3) is 5.91 Å². The zero-order chi connectivity index (χ0) is 29.1. The van der Waals surface area contributed by atoms with Gasteiger partial charge in [-0.3, -0.25) is 9.69 Å². The maximum absolute atomic E-state index is 13.8. The van der Waals surface area contributed by atoms with Crippen molar-refractivity contribution in [1.29, 1.82) is 0 Å². The highest BCUT2D eigenvalue weighted by Gasteiger charge is 2.44. The molecule has 5 rings (SSSR count). The predicted molar refractivity (Wildman–Crippen MR) is 163 cm³/mol. The number of aliphatic hydroxyl groups is 2. The molecule has 1 fully saturated rings. The van der Waals surface area contributed by atoms with Crippen LogP contribution in [0.5, 0.6) is 5.75 Å². The number of ether oxygens (including phenoxy) is 1. The number of urea groups is 1. The number of imide groups is 1. The average molecular weight is 687 g/mol.